The van der Waals surface area contributed by atoms with Crippen LogP contribution in [-0.4, -0.2) is 42.8 Å². The molecular formula is C17H15N7O4S. The highest BCUT2D eigenvalue weighted by atomic mass is 32.2. The monoisotopic (exact) mass is 413 g/mol. The minimum Gasteiger partial charge on any atom is -0.461 e. The van der Waals surface area contributed by atoms with Crippen LogP contribution in [0.4, 0.5) is 11.4 Å². The summed E-state index contributed by atoms with van der Waals surface area (Å²) >= 11 is 0.924. The molecule has 3 aromatic rings. The number of thioether (sulfide) groups is 1. The third-order valence-electron chi connectivity index (χ3n) is 3.44. The SMILES string of the molecule is CCOC(=O)/C(=N/Nc1ccc([N+](=O)[O-])cc1)Sc1nnnn1-c1ccccc1. The quantitative estimate of drug-likeness (QED) is 0.161. The number of carbonyl (C=O) groups excluding carboxylic acids is 1. The van der Waals surface area contributed by atoms with Crippen molar-refractivity contribution in [3.05, 3.63) is 64.7 Å². The molecule has 0 unspecified atom stereocenters. The lowest BCUT2D eigenvalue weighted by atomic mass is 10.3. The van der Waals surface area contributed by atoms with Gasteiger partial charge in [0, 0.05) is 12.1 Å². The Bertz CT molecular complexity index is 1020. The normalized spacial score (nSPS) is 11.1. The Balaban J connectivity index is 1.83. The number of nitrogens with one attached hydrogen (secondary N) is 1. The first kappa shape index (κ1) is 19.9. The lowest BCUT2D eigenvalue weighted by Gasteiger charge is -2.07. The summed E-state index contributed by atoms with van der Waals surface area (Å²) in [6.45, 7) is 1.84. The first-order valence-corrected chi connectivity index (χ1v) is 9.17. The first-order chi connectivity index (χ1) is 14.1. The van der Waals surface area contributed by atoms with Crippen molar-refractivity contribution < 1.29 is 14.5 Å². The molecule has 0 radical (unpaired) electrons. The number of hydrazone groups is 1. The summed E-state index contributed by atoms with van der Waals surface area (Å²) in [5.74, 6) is -0.658. The van der Waals surface area contributed by atoms with Gasteiger partial charge in [-0.3, -0.25) is 15.5 Å². The van der Waals surface area contributed by atoms with Crippen molar-refractivity contribution in [3.63, 3.8) is 0 Å². The molecule has 0 aliphatic heterocycles. The fraction of sp³-hybridized carbons (Fsp3) is 0.118. The number of ether oxygens (including phenoxy) is 1. The standard InChI is InChI=1S/C17H15N7O4S/c1-2-28-16(25)15(19-18-12-8-10-14(11-9-12)24(26)27)29-17-20-21-22-23(17)13-6-4-3-5-7-13/h3-11,18H,2H2,1H3/b19-15-. The van der Waals surface area contributed by atoms with E-state index in [1.807, 2.05) is 30.3 Å². The van der Waals surface area contributed by atoms with Crippen LogP contribution in [0.5, 0.6) is 0 Å². The molecule has 148 valence electrons. The van der Waals surface area contributed by atoms with Gasteiger partial charge in [0.05, 0.1) is 22.9 Å². The number of carbonyl (C=O) groups is 1. The summed E-state index contributed by atoms with van der Waals surface area (Å²) in [4.78, 5) is 22.5. The molecule has 0 amide bonds. The summed E-state index contributed by atoms with van der Waals surface area (Å²) in [5.41, 5.74) is 3.81. The number of nitro groups is 1. The van der Waals surface area contributed by atoms with Crippen molar-refractivity contribution in [1.82, 2.24) is 20.2 Å². The van der Waals surface area contributed by atoms with Gasteiger partial charge in [-0.2, -0.15) is 9.78 Å². The van der Waals surface area contributed by atoms with Crippen LogP contribution in [-0.2, 0) is 9.53 Å². The number of nitrogens with zero attached hydrogens (tertiary/aromatic N) is 6. The summed E-state index contributed by atoms with van der Waals surface area (Å²) in [7, 11) is 0. The van der Waals surface area contributed by atoms with E-state index in [9.17, 15) is 14.9 Å². The zero-order valence-electron chi connectivity index (χ0n) is 15.1. The van der Waals surface area contributed by atoms with E-state index < -0.39 is 10.9 Å². The van der Waals surface area contributed by atoms with Crippen molar-refractivity contribution in [2.75, 3.05) is 12.0 Å². The van der Waals surface area contributed by atoms with E-state index in [1.54, 1.807) is 6.92 Å². The van der Waals surface area contributed by atoms with Gasteiger partial charge in [0.2, 0.25) is 10.2 Å². The van der Waals surface area contributed by atoms with Crippen LogP contribution in [0, 0.1) is 10.1 Å². The molecule has 1 N–H and O–H groups in total. The van der Waals surface area contributed by atoms with E-state index in [-0.39, 0.29) is 17.3 Å². The molecule has 0 fully saturated rings. The minimum absolute atomic E-state index is 0.0304. The average Bonchev–Trinajstić information content (AvgIpc) is 3.20. The predicted octanol–water partition coefficient (Wildman–Crippen LogP) is 2.65. The number of hydrogen-bond acceptors (Lipinski definition) is 10. The van der Waals surface area contributed by atoms with E-state index >= 15 is 0 Å². The smallest absolute Gasteiger partial charge is 0.365 e. The van der Waals surface area contributed by atoms with Crippen molar-refractivity contribution in [1.29, 1.82) is 0 Å². The van der Waals surface area contributed by atoms with Gasteiger partial charge >= 0.3 is 5.97 Å². The second-order valence-corrected chi connectivity index (χ2v) is 6.32. The van der Waals surface area contributed by atoms with Gasteiger partial charge in [0.1, 0.15) is 0 Å². The molecule has 29 heavy (non-hydrogen) atoms. The Morgan fingerprint density at radius 1 is 1.24 bits per heavy atom. The van der Waals surface area contributed by atoms with Crippen molar-refractivity contribution >= 4 is 34.1 Å². The summed E-state index contributed by atoms with van der Waals surface area (Å²) in [5, 5.41) is 26.6. The number of para-hydroxylation sites is 1. The number of benzene rings is 2. The van der Waals surface area contributed by atoms with Crippen molar-refractivity contribution in [2.24, 2.45) is 5.10 Å². The summed E-state index contributed by atoms with van der Waals surface area (Å²) < 4.78 is 6.50. The highest BCUT2D eigenvalue weighted by Crippen LogP contribution is 2.21. The Morgan fingerprint density at radius 2 is 1.97 bits per heavy atom. The van der Waals surface area contributed by atoms with Crippen molar-refractivity contribution in [3.8, 4) is 5.69 Å². The number of tetrazole rings is 1. The summed E-state index contributed by atoms with van der Waals surface area (Å²) in [6, 6.07) is 14.8. The Hall–Kier alpha value is -3.80. The van der Waals surface area contributed by atoms with Crippen LogP contribution in [0.3, 0.4) is 0 Å². The third kappa shape index (κ3) is 5.13. The van der Waals surface area contributed by atoms with Crippen LogP contribution in [0.1, 0.15) is 6.92 Å². The second kappa shape index (κ2) is 9.41. The molecule has 11 nitrogen and oxygen atoms in total. The number of hydrogen-bond donors (Lipinski definition) is 1. The van der Waals surface area contributed by atoms with Gasteiger partial charge in [-0.05, 0) is 53.4 Å². The molecule has 0 aliphatic carbocycles. The number of esters is 1. The molecule has 3 rings (SSSR count). The molecule has 0 bridgehead atoms. The maximum atomic E-state index is 12.3. The van der Waals surface area contributed by atoms with E-state index in [4.69, 9.17) is 4.74 Å². The van der Waals surface area contributed by atoms with Crippen LogP contribution >= 0.6 is 11.8 Å². The fourth-order valence-electron chi connectivity index (χ4n) is 2.14. The van der Waals surface area contributed by atoms with Crippen LogP contribution in [0.2, 0.25) is 0 Å². The van der Waals surface area contributed by atoms with E-state index in [0.29, 0.717) is 16.5 Å². The number of aromatic nitrogens is 4. The number of anilines is 1. The van der Waals surface area contributed by atoms with Gasteiger partial charge in [-0.1, -0.05) is 18.2 Å². The molecule has 0 atom stereocenters. The highest BCUT2D eigenvalue weighted by molar-refractivity contribution is 8.15. The third-order valence-corrected chi connectivity index (χ3v) is 4.33. The molecule has 1 aromatic heterocycles. The van der Waals surface area contributed by atoms with Crippen LogP contribution in [0.15, 0.2) is 64.9 Å². The van der Waals surface area contributed by atoms with E-state index in [0.717, 1.165) is 11.8 Å². The molecule has 2 aromatic carbocycles. The molecule has 0 spiro atoms. The average molecular weight is 413 g/mol. The number of non-ortho nitro benzene ring substituents is 1. The molecule has 1 heterocycles. The lowest BCUT2D eigenvalue weighted by molar-refractivity contribution is -0.384. The van der Waals surface area contributed by atoms with E-state index in [2.05, 4.69) is 26.1 Å². The first-order valence-electron chi connectivity index (χ1n) is 8.35. The van der Waals surface area contributed by atoms with Gasteiger partial charge in [-0.25, -0.2) is 4.79 Å². The Kier molecular flexibility index (Phi) is 6.47. The largest absolute Gasteiger partial charge is 0.461 e. The highest BCUT2D eigenvalue weighted by Gasteiger charge is 2.20. The van der Waals surface area contributed by atoms with E-state index in [1.165, 1.54) is 28.9 Å². The maximum absolute atomic E-state index is 12.3. The second-order valence-electron chi connectivity index (χ2n) is 5.36. The number of rotatable bonds is 6. The molecule has 0 saturated carbocycles. The zero-order valence-corrected chi connectivity index (χ0v) is 15.9. The van der Waals surface area contributed by atoms with Gasteiger partial charge < -0.3 is 4.74 Å². The minimum atomic E-state index is -0.658. The molecule has 0 aliphatic rings. The zero-order chi connectivity index (χ0) is 20.6. The number of nitro benzene ring substituents is 1. The predicted molar refractivity (Wildman–Crippen MR) is 106 cm³/mol. The molecule has 0 saturated heterocycles. The molecular weight excluding hydrogens is 398 g/mol. The Labute approximate surface area is 168 Å². The van der Waals surface area contributed by atoms with Crippen LogP contribution in [0.25, 0.3) is 5.69 Å². The van der Waals surface area contributed by atoms with Crippen molar-refractivity contribution in [2.45, 2.75) is 12.1 Å². The van der Waals surface area contributed by atoms with Gasteiger partial charge in [0.25, 0.3) is 5.69 Å². The maximum Gasteiger partial charge on any atom is 0.365 e. The molecule has 12 heteroatoms. The van der Waals surface area contributed by atoms with Gasteiger partial charge in [-0.15, -0.1) is 5.10 Å². The summed E-state index contributed by atoms with van der Waals surface area (Å²) in [6.07, 6.45) is 0. The van der Waals surface area contributed by atoms with Crippen LogP contribution < -0.4 is 5.43 Å². The Morgan fingerprint density at radius 3 is 2.62 bits per heavy atom. The topological polar surface area (TPSA) is 137 Å². The fourth-order valence-corrected chi connectivity index (χ4v) is 2.85. The van der Waals surface area contributed by atoms with Gasteiger partial charge in [0.15, 0.2) is 0 Å². The lowest BCUT2D eigenvalue weighted by Crippen LogP contribution is -2.17.